The monoisotopic (exact) mass is 355 g/mol. The van der Waals surface area contributed by atoms with Crippen LogP contribution in [-0.4, -0.2) is 14.4 Å². The SMILES string of the molecule is CC(C)(C)[Si](OC1CCCCC1)(c1ccccc1)c1ccccc1.N. The van der Waals surface area contributed by atoms with Gasteiger partial charge in [0.05, 0.1) is 0 Å². The minimum atomic E-state index is -2.34. The summed E-state index contributed by atoms with van der Waals surface area (Å²) in [7, 11) is -2.34. The molecular formula is C22H33NOSi. The highest BCUT2D eigenvalue weighted by Crippen LogP contribution is 2.39. The molecule has 1 saturated carbocycles. The Morgan fingerprint density at radius 3 is 1.60 bits per heavy atom. The van der Waals surface area contributed by atoms with Crippen LogP contribution >= 0.6 is 0 Å². The van der Waals surface area contributed by atoms with Gasteiger partial charge in [0.2, 0.25) is 0 Å². The fourth-order valence-electron chi connectivity index (χ4n) is 4.12. The van der Waals surface area contributed by atoms with Crippen LogP contribution in [-0.2, 0) is 4.43 Å². The lowest BCUT2D eigenvalue weighted by atomic mass is 9.98. The van der Waals surface area contributed by atoms with Crippen molar-refractivity contribution in [2.75, 3.05) is 0 Å². The average Bonchev–Trinajstić information content (AvgIpc) is 2.61. The second-order valence-electron chi connectivity index (χ2n) is 8.04. The lowest BCUT2D eigenvalue weighted by Gasteiger charge is -2.45. The highest BCUT2D eigenvalue weighted by atomic mass is 28.4. The third-order valence-electron chi connectivity index (χ3n) is 5.31. The fourth-order valence-corrected chi connectivity index (χ4v) is 8.87. The lowest BCUT2D eigenvalue weighted by Crippen LogP contribution is -2.67. The van der Waals surface area contributed by atoms with Crippen LogP contribution in [0.15, 0.2) is 60.7 Å². The molecule has 0 heterocycles. The van der Waals surface area contributed by atoms with Crippen molar-refractivity contribution in [1.82, 2.24) is 6.15 Å². The van der Waals surface area contributed by atoms with Gasteiger partial charge in [-0.2, -0.15) is 0 Å². The number of hydrogen-bond acceptors (Lipinski definition) is 2. The summed E-state index contributed by atoms with van der Waals surface area (Å²) in [6.45, 7) is 7.09. The molecule has 25 heavy (non-hydrogen) atoms. The Labute approximate surface area is 154 Å². The average molecular weight is 356 g/mol. The molecule has 0 aromatic heterocycles. The quantitative estimate of drug-likeness (QED) is 0.779. The van der Waals surface area contributed by atoms with Gasteiger partial charge in [0.25, 0.3) is 8.32 Å². The van der Waals surface area contributed by atoms with E-state index < -0.39 is 8.32 Å². The highest BCUT2D eigenvalue weighted by molar-refractivity contribution is 6.99. The zero-order chi connectivity index (χ0) is 17.0. The Morgan fingerprint density at radius 2 is 1.20 bits per heavy atom. The van der Waals surface area contributed by atoms with Crippen molar-refractivity contribution >= 4 is 18.7 Å². The third-order valence-corrected chi connectivity index (χ3v) is 10.4. The van der Waals surface area contributed by atoms with E-state index in [2.05, 4.69) is 81.4 Å². The fraction of sp³-hybridized carbons (Fsp3) is 0.455. The maximum atomic E-state index is 7.15. The van der Waals surface area contributed by atoms with Crippen LogP contribution in [0.5, 0.6) is 0 Å². The molecule has 3 heteroatoms. The van der Waals surface area contributed by atoms with Crippen LogP contribution < -0.4 is 16.5 Å². The minimum absolute atomic E-state index is 0. The number of rotatable bonds is 4. The Morgan fingerprint density at radius 1 is 0.760 bits per heavy atom. The van der Waals surface area contributed by atoms with Crippen LogP contribution in [0, 0.1) is 0 Å². The van der Waals surface area contributed by atoms with Crippen molar-refractivity contribution in [3.8, 4) is 0 Å². The minimum Gasteiger partial charge on any atom is -0.404 e. The Balaban J connectivity index is 0.00000225. The summed E-state index contributed by atoms with van der Waals surface area (Å²) in [4.78, 5) is 0. The first-order chi connectivity index (χ1) is 11.5. The molecule has 1 aliphatic carbocycles. The van der Waals surface area contributed by atoms with Crippen molar-refractivity contribution in [3.05, 3.63) is 60.7 Å². The van der Waals surface area contributed by atoms with E-state index in [-0.39, 0.29) is 11.2 Å². The van der Waals surface area contributed by atoms with E-state index in [0.29, 0.717) is 6.10 Å². The van der Waals surface area contributed by atoms with Gasteiger partial charge in [0.15, 0.2) is 0 Å². The predicted octanol–water partition coefficient (Wildman–Crippen LogP) is 5.06. The third kappa shape index (κ3) is 4.05. The summed E-state index contributed by atoms with van der Waals surface area (Å²) in [5, 5.41) is 2.89. The van der Waals surface area contributed by atoms with Crippen LogP contribution in [0.4, 0.5) is 0 Å². The summed E-state index contributed by atoms with van der Waals surface area (Å²) in [6, 6.07) is 22.0. The standard InChI is InChI=1S/C22H30OSi.H3N/c1-22(2,3)24(20-15-9-5-10-16-20,21-17-11-6-12-18-21)23-19-13-7-4-8-14-19;/h5-6,9-12,15-19H,4,7-8,13-14H2,1-3H3;1H3. The van der Waals surface area contributed by atoms with E-state index in [1.54, 1.807) is 0 Å². The Hall–Kier alpha value is -1.42. The van der Waals surface area contributed by atoms with Gasteiger partial charge in [-0.05, 0) is 28.3 Å². The van der Waals surface area contributed by atoms with Crippen LogP contribution in [0.3, 0.4) is 0 Å². The van der Waals surface area contributed by atoms with E-state index in [0.717, 1.165) is 0 Å². The van der Waals surface area contributed by atoms with Crippen LogP contribution in [0.25, 0.3) is 0 Å². The first-order valence-electron chi connectivity index (χ1n) is 9.33. The second kappa shape index (κ2) is 8.30. The molecule has 2 aromatic rings. The summed E-state index contributed by atoms with van der Waals surface area (Å²) >= 11 is 0. The van der Waals surface area contributed by atoms with E-state index in [1.807, 2.05) is 0 Å². The van der Waals surface area contributed by atoms with Crippen molar-refractivity contribution < 1.29 is 4.43 Å². The van der Waals surface area contributed by atoms with Crippen LogP contribution in [0.1, 0.15) is 52.9 Å². The molecule has 136 valence electrons. The molecule has 1 fully saturated rings. The lowest BCUT2D eigenvalue weighted by molar-refractivity contribution is 0.143. The van der Waals surface area contributed by atoms with Crippen molar-refractivity contribution in [1.29, 1.82) is 0 Å². The highest BCUT2D eigenvalue weighted by Gasteiger charge is 2.51. The molecule has 3 rings (SSSR count). The number of benzene rings is 2. The zero-order valence-corrected chi connectivity index (χ0v) is 17.0. The van der Waals surface area contributed by atoms with Crippen LogP contribution in [0.2, 0.25) is 5.04 Å². The Kier molecular flexibility index (Phi) is 6.61. The zero-order valence-electron chi connectivity index (χ0n) is 16.0. The smallest absolute Gasteiger partial charge is 0.261 e. The summed E-state index contributed by atoms with van der Waals surface area (Å²) in [5.41, 5.74) is 0. The van der Waals surface area contributed by atoms with Gasteiger partial charge in [-0.15, -0.1) is 0 Å². The molecule has 0 amide bonds. The van der Waals surface area contributed by atoms with Crippen molar-refractivity contribution in [3.63, 3.8) is 0 Å². The Bertz CT molecular complexity index is 591. The maximum Gasteiger partial charge on any atom is 0.261 e. The van der Waals surface area contributed by atoms with Gasteiger partial charge in [-0.25, -0.2) is 0 Å². The molecule has 0 saturated heterocycles. The van der Waals surface area contributed by atoms with E-state index in [4.69, 9.17) is 4.43 Å². The largest absolute Gasteiger partial charge is 0.404 e. The van der Waals surface area contributed by atoms with Gasteiger partial charge < -0.3 is 10.6 Å². The van der Waals surface area contributed by atoms with E-state index >= 15 is 0 Å². The normalized spacial score (nSPS) is 16.3. The van der Waals surface area contributed by atoms with Gasteiger partial charge in [0.1, 0.15) is 0 Å². The topological polar surface area (TPSA) is 44.2 Å². The molecule has 0 atom stereocenters. The molecule has 2 aromatic carbocycles. The molecule has 0 aliphatic heterocycles. The van der Waals surface area contributed by atoms with Gasteiger partial charge in [-0.3, -0.25) is 0 Å². The molecular weight excluding hydrogens is 322 g/mol. The molecule has 2 nitrogen and oxygen atoms in total. The van der Waals surface area contributed by atoms with Gasteiger partial charge in [0, 0.05) is 6.10 Å². The van der Waals surface area contributed by atoms with E-state index in [1.165, 1.54) is 42.5 Å². The van der Waals surface area contributed by atoms with Gasteiger partial charge >= 0.3 is 0 Å². The molecule has 0 spiro atoms. The van der Waals surface area contributed by atoms with E-state index in [9.17, 15) is 0 Å². The summed E-state index contributed by atoms with van der Waals surface area (Å²) in [6.07, 6.45) is 6.81. The number of hydrogen-bond donors (Lipinski definition) is 1. The molecule has 0 bridgehead atoms. The molecule has 1 aliphatic rings. The first-order valence-corrected chi connectivity index (χ1v) is 11.2. The molecule has 0 radical (unpaired) electrons. The molecule has 3 N–H and O–H groups in total. The van der Waals surface area contributed by atoms with Gasteiger partial charge in [-0.1, -0.05) is 101 Å². The summed E-state index contributed by atoms with van der Waals surface area (Å²) in [5.74, 6) is 0. The van der Waals surface area contributed by atoms with Crippen molar-refractivity contribution in [2.45, 2.75) is 64.0 Å². The predicted molar refractivity (Wildman–Crippen MR) is 111 cm³/mol. The first kappa shape index (κ1) is 19.9. The maximum absolute atomic E-state index is 7.15. The van der Waals surface area contributed by atoms with Crippen molar-refractivity contribution in [2.24, 2.45) is 0 Å². The summed E-state index contributed by atoms with van der Waals surface area (Å²) < 4.78 is 7.15. The molecule has 0 unspecified atom stereocenters. The second-order valence-corrected chi connectivity index (χ2v) is 12.3.